The van der Waals surface area contributed by atoms with Crippen LogP contribution in [0.1, 0.15) is 79.4 Å². The maximum atomic E-state index is 14.0. The van der Waals surface area contributed by atoms with Crippen LogP contribution in [-0.2, 0) is 20.7 Å². The Bertz CT molecular complexity index is 1720. The lowest BCUT2D eigenvalue weighted by Gasteiger charge is -2.26. The average molecular weight is 778 g/mol. The molecule has 0 radical (unpaired) electrons. The van der Waals surface area contributed by atoms with Gasteiger partial charge in [-0.05, 0) is 81.5 Å². The lowest BCUT2D eigenvalue weighted by Crippen LogP contribution is -2.55. The first-order valence-corrected chi connectivity index (χ1v) is 18.4. The summed E-state index contributed by atoms with van der Waals surface area (Å²) < 4.78 is 6.17. The highest BCUT2D eigenvalue weighted by Crippen LogP contribution is 2.27. The molecule has 5 atom stereocenters. The highest BCUT2D eigenvalue weighted by atomic mass is 79.9. The van der Waals surface area contributed by atoms with Gasteiger partial charge in [0.1, 0.15) is 12.6 Å². The average Bonchev–Trinajstić information content (AvgIpc) is 3.46. The van der Waals surface area contributed by atoms with Gasteiger partial charge in [-0.1, -0.05) is 72.2 Å². The molecule has 0 saturated carbocycles. The van der Waals surface area contributed by atoms with Crippen LogP contribution >= 0.6 is 15.9 Å². The molecule has 1 aliphatic heterocycles. The van der Waals surface area contributed by atoms with Crippen molar-refractivity contribution in [1.82, 2.24) is 26.6 Å². The number of cyclic esters (lactones) is 1. The van der Waals surface area contributed by atoms with Gasteiger partial charge in [-0.15, -0.1) is 0 Å². The number of likely N-dealkylation sites (N-methyl/N-ethyl adjacent to an activating group) is 1. The lowest BCUT2D eigenvalue weighted by molar-refractivity contribution is -0.130. The zero-order valence-electron chi connectivity index (χ0n) is 30.5. The van der Waals surface area contributed by atoms with Gasteiger partial charge in [-0.2, -0.15) is 0 Å². The van der Waals surface area contributed by atoms with E-state index in [2.05, 4.69) is 42.5 Å². The van der Waals surface area contributed by atoms with Crippen molar-refractivity contribution in [1.29, 1.82) is 0 Å². The number of hydrogen-bond acceptors (Lipinski definition) is 7. The van der Waals surface area contributed by atoms with Gasteiger partial charge in [-0.25, -0.2) is 4.79 Å². The lowest BCUT2D eigenvalue weighted by atomic mass is 10.0. The van der Waals surface area contributed by atoms with Crippen LogP contribution in [0, 0.1) is 5.92 Å². The van der Waals surface area contributed by atoms with E-state index in [9.17, 15) is 24.0 Å². The van der Waals surface area contributed by atoms with Gasteiger partial charge in [0.05, 0.1) is 18.1 Å². The summed E-state index contributed by atoms with van der Waals surface area (Å²) in [5.41, 5.74) is 2.60. The van der Waals surface area contributed by atoms with Crippen molar-refractivity contribution < 1.29 is 28.7 Å². The molecule has 3 aromatic carbocycles. The number of halogens is 1. The number of amides is 5. The minimum Gasteiger partial charge on any atom is -0.447 e. The summed E-state index contributed by atoms with van der Waals surface area (Å²) in [7, 11) is 0. The molecule has 52 heavy (non-hydrogen) atoms. The van der Waals surface area contributed by atoms with Crippen molar-refractivity contribution in [3.63, 3.8) is 0 Å². The largest absolute Gasteiger partial charge is 0.447 e. The van der Waals surface area contributed by atoms with E-state index in [1.54, 1.807) is 19.1 Å². The first-order valence-electron chi connectivity index (χ1n) is 17.6. The van der Waals surface area contributed by atoms with Crippen LogP contribution in [0.5, 0.6) is 0 Å². The summed E-state index contributed by atoms with van der Waals surface area (Å²) >= 11 is 3.43. The van der Waals surface area contributed by atoms with Crippen molar-refractivity contribution in [3.8, 4) is 0 Å². The van der Waals surface area contributed by atoms with Crippen LogP contribution in [0.2, 0.25) is 0 Å². The second-order valence-electron chi connectivity index (χ2n) is 13.4. The molecule has 13 heteroatoms. The summed E-state index contributed by atoms with van der Waals surface area (Å²) in [4.78, 5) is 67.5. The number of benzene rings is 3. The number of carbonyl (C=O) groups excluding carboxylic acids is 5. The molecular formula is C39H49BrN6O6. The van der Waals surface area contributed by atoms with Gasteiger partial charge in [0, 0.05) is 40.4 Å². The number of carbonyl (C=O) groups is 5. The maximum Gasteiger partial charge on any atom is 0.414 e. The number of anilines is 1. The Morgan fingerprint density at radius 1 is 0.865 bits per heavy atom. The predicted octanol–water partition coefficient (Wildman–Crippen LogP) is 4.88. The van der Waals surface area contributed by atoms with Crippen molar-refractivity contribution in [2.24, 2.45) is 5.92 Å². The minimum atomic E-state index is -0.691. The van der Waals surface area contributed by atoms with E-state index in [-0.39, 0.29) is 54.1 Å². The van der Waals surface area contributed by atoms with Gasteiger partial charge in [0.2, 0.25) is 11.8 Å². The number of ether oxygens (including phenoxy) is 1. The Kier molecular flexibility index (Phi) is 14.4. The van der Waals surface area contributed by atoms with E-state index in [0.717, 1.165) is 15.6 Å². The molecule has 1 aliphatic rings. The highest BCUT2D eigenvalue weighted by molar-refractivity contribution is 9.10. The summed E-state index contributed by atoms with van der Waals surface area (Å²) in [6.07, 6.45) is -0.126. The Hall–Kier alpha value is -4.75. The Balaban J connectivity index is 1.57. The molecule has 3 aromatic rings. The topological polar surface area (TPSA) is 158 Å². The molecule has 1 heterocycles. The molecule has 12 nitrogen and oxygen atoms in total. The van der Waals surface area contributed by atoms with Crippen molar-refractivity contribution in [2.75, 3.05) is 24.6 Å². The van der Waals surface area contributed by atoms with Crippen LogP contribution in [0.4, 0.5) is 10.5 Å². The van der Waals surface area contributed by atoms with E-state index in [4.69, 9.17) is 4.74 Å². The van der Waals surface area contributed by atoms with Crippen molar-refractivity contribution in [2.45, 2.75) is 78.2 Å². The van der Waals surface area contributed by atoms with E-state index in [0.29, 0.717) is 18.7 Å². The maximum absolute atomic E-state index is 14.0. The van der Waals surface area contributed by atoms with Gasteiger partial charge in [-0.3, -0.25) is 24.1 Å². The third-order valence-corrected chi connectivity index (χ3v) is 9.37. The Morgan fingerprint density at radius 3 is 2.08 bits per heavy atom. The normalized spacial score (nSPS) is 16.3. The molecule has 278 valence electrons. The van der Waals surface area contributed by atoms with Crippen LogP contribution < -0.4 is 31.5 Å². The molecule has 1 fully saturated rings. The number of rotatable bonds is 16. The third kappa shape index (κ3) is 10.9. The summed E-state index contributed by atoms with van der Waals surface area (Å²) in [6, 6.07) is 19.4. The van der Waals surface area contributed by atoms with Gasteiger partial charge in [0.25, 0.3) is 11.8 Å². The van der Waals surface area contributed by atoms with E-state index in [1.165, 1.54) is 11.0 Å². The minimum absolute atomic E-state index is 0.120. The number of hydrogen-bond donors (Lipinski definition) is 5. The third-order valence-electron chi connectivity index (χ3n) is 8.85. The first kappa shape index (κ1) is 40.0. The Labute approximate surface area is 314 Å². The molecule has 0 aliphatic carbocycles. The predicted molar refractivity (Wildman–Crippen MR) is 204 cm³/mol. The fraction of sp³-hybridized carbons (Fsp3) is 0.410. The molecule has 1 saturated heterocycles. The van der Waals surface area contributed by atoms with E-state index < -0.39 is 36.0 Å². The quantitative estimate of drug-likeness (QED) is 0.139. The fourth-order valence-electron chi connectivity index (χ4n) is 5.85. The smallest absolute Gasteiger partial charge is 0.414 e. The highest BCUT2D eigenvalue weighted by Gasteiger charge is 2.32. The second kappa shape index (κ2) is 18.7. The SMILES string of the molecule is CCNC(=O)[C@@H](NC(=O)[C@H](C)NC[C@H](Cc1ccccc1)NC(=O)c1cc(C(=O)N[C@H](C)c2ccc(Br)cc2)cc(N2C(=O)OCC2C)c1)C(C)C. The molecule has 0 spiro atoms. The summed E-state index contributed by atoms with van der Waals surface area (Å²) in [6.45, 7) is 11.8. The molecular weight excluding hydrogens is 728 g/mol. The van der Waals surface area contributed by atoms with Crippen molar-refractivity contribution >= 4 is 51.3 Å². The summed E-state index contributed by atoms with van der Waals surface area (Å²) in [5.74, 6) is -1.59. The van der Waals surface area contributed by atoms with Gasteiger partial charge in [0.15, 0.2) is 0 Å². The van der Waals surface area contributed by atoms with Crippen LogP contribution in [0.25, 0.3) is 0 Å². The fourth-order valence-corrected chi connectivity index (χ4v) is 6.12. The zero-order valence-corrected chi connectivity index (χ0v) is 32.1. The molecule has 5 amide bonds. The standard InChI is InChI=1S/C39H49BrN6O6/c1-7-41-38(50)34(23(2)3)45-35(47)26(6)42-21-32(17-27-11-9-8-10-12-27)44-37(49)30-18-29(19-33(20-30)46-24(4)22-52-39(46)51)36(48)43-25(5)28-13-15-31(40)16-14-28/h8-16,18-20,23-26,32,34,42H,7,17,21-22H2,1-6H3,(H,41,50)(H,43,48)(H,44,49)(H,45,47)/t24?,25-,26+,32+,34+/m1/s1. The van der Waals surface area contributed by atoms with Crippen LogP contribution in [-0.4, -0.2) is 73.6 Å². The number of nitrogens with one attached hydrogen (secondary N) is 5. The molecule has 1 unspecified atom stereocenters. The molecule has 5 N–H and O–H groups in total. The van der Waals surface area contributed by atoms with Crippen LogP contribution in [0.15, 0.2) is 77.3 Å². The molecule has 4 rings (SSSR count). The van der Waals surface area contributed by atoms with Gasteiger partial charge < -0.3 is 31.3 Å². The van der Waals surface area contributed by atoms with E-state index in [1.807, 2.05) is 89.2 Å². The van der Waals surface area contributed by atoms with Crippen molar-refractivity contribution in [3.05, 3.63) is 99.5 Å². The molecule has 0 aromatic heterocycles. The van der Waals surface area contributed by atoms with E-state index >= 15 is 0 Å². The number of nitrogens with zero attached hydrogens (tertiary/aromatic N) is 1. The monoisotopic (exact) mass is 776 g/mol. The first-order chi connectivity index (χ1) is 24.8. The Morgan fingerprint density at radius 2 is 1.50 bits per heavy atom. The second-order valence-corrected chi connectivity index (χ2v) is 14.3. The summed E-state index contributed by atoms with van der Waals surface area (Å²) in [5, 5.41) is 14.9. The van der Waals surface area contributed by atoms with Gasteiger partial charge >= 0.3 is 6.09 Å². The van der Waals surface area contributed by atoms with Crippen LogP contribution in [0.3, 0.4) is 0 Å². The zero-order chi connectivity index (χ0) is 37.9. The molecule has 0 bridgehead atoms.